The summed E-state index contributed by atoms with van der Waals surface area (Å²) >= 11 is 0. The molecule has 49 heavy (non-hydrogen) atoms. The number of carboxylic acid groups (broad SMARTS) is 1. The number of unbranched alkanes of at least 4 members (excludes halogenated alkanes) is 1. The number of hydrogen-bond donors (Lipinski definition) is 8. The first-order valence-corrected chi connectivity index (χ1v) is 17.5. The minimum atomic E-state index is -1.23. The standard InChI is InChI=1S/C35H52N8O6/c1-21(37)31(44)41-28(18-25-19-38-20-39-25)33(46)40-27(13-7-8-16-36)32(45)43-30(23-10-3-2-4-11-23)34(47)42-29(35(48)49)17-24-15-14-22-9-5-6-12-26(22)24/h2-4,10-11,19-22,24,26-30H,5-9,12-18,36-37H2,1H3,(H,38,39)(H,40,46)(H,41,44)(H,42,47)(H,43,45)(H,48,49). The zero-order chi connectivity index (χ0) is 35.3. The summed E-state index contributed by atoms with van der Waals surface area (Å²) in [6.45, 7) is 1.87. The normalized spacial score (nSPS) is 21.7. The van der Waals surface area contributed by atoms with Crippen molar-refractivity contribution >= 4 is 29.6 Å². The molecule has 2 aromatic rings. The lowest BCUT2D eigenvalue weighted by atomic mass is 9.76. The fourth-order valence-corrected chi connectivity index (χ4v) is 7.28. The molecule has 0 spiro atoms. The Hall–Kier alpha value is -4.30. The minimum absolute atomic E-state index is 0.0651. The van der Waals surface area contributed by atoms with Crippen molar-refractivity contribution in [1.82, 2.24) is 31.2 Å². The van der Waals surface area contributed by atoms with Gasteiger partial charge in [-0.15, -0.1) is 0 Å². The minimum Gasteiger partial charge on any atom is -0.480 e. The van der Waals surface area contributed by atoms with E-state index in [0.717, 1.165) is 25.7 Å². The van der Waals surface area contributed by atoms with E-state index in [1.165, 1.54) is 32.3 Å². The molecule has 1 aromatic carbocycles. The molecule has 2 aliphatic rings. The quantitative estimate of drug-likeness (QED) is 0.106. The molecule has 268 valence electrons. The first kappa shape index (κ1) is 37.5. The lowest BCUT2D eigenvalue weighted by Gasteiger charge is -2.31. The van der Waals surface area contributed by atoms with Gasteiger partial charge >= 0.3 is 5.97 Å². The number of carbonyl (C=O) groups is 5. The summed E-state index contributed by atoms with van der Waals surface area (Å²) in [5.74, 6) is -2.26. The van der Waals surface area contributed by atoms with E-state index in [9.17, 15) is 29.1 Å². The zero-order valence-corrected chi connectivity index (χ0v) is 28.2. The van der Waals surface area contributed by atoms with Gasteiger partial charge in [0.25, 0.3) is 0 Å². The summed E-state index contributed by atoms with van der Waals surface area (Å²) in [6.07, 6.45) is 11.3. The number of imidazole rings is 1. The van der Waals surface area contributed by atoms with E-state index in [2.05, 4.69) is 31.2 Å². The summed E-state index contributed by atoms with van der Waals surface area (Å²) < 4.78 is 0. The highest BCUT2D eigenvalue weighted by Gasteiger charge is 2.40. The largest absolute Gasteiger partial charge is 0.480 e. The number of carboxylic acids is 1. The molecule has 0 aliphatic heterocycles. The van der Waals surface area contributed by atoms with Crippen LogP contribution in [0.3, 0.4) is 0 Å². The SMILES string of the molecule is CC(N)C(=O)NC(Cc1cnc[nH]1)C(=O)NC(CCCCN)C(=O)NC(C(=O)NC(CC1CCC2CCCCC21)C(=O)O)c1ccccc1. The number of carbonyl (C=O) groups excluding carboxylic acids is 4. The maximum Gasteiger partial charge on any atom is 0.326 e. The Balaban J connectivity index is 1.51. The smallest absolute Gasteiger partial charge is 0.326 e. The maximum atomic E-state index is 13.9. The van der Waals surface area contributed by atoms with Crippen molar-refractivity contribution in [3.05, 3.63) is 54.1 Å². The average Bonchev–Trinajstić information content (AvgIpc) is 3.76. The number of amides is 4. The van der Waals surface area contributed by atoms with Crippen LogP contribution in [0.25, 0.3) is 0 Å². The third-order valence-electron chi connectivity index (χ3n) is 9.92. The van der Waals surface area contributed by atoms with Crippen molar-refractivity contribution in [2.24, 2.45) is 29.2 Å². The predicted octanol–water partition coefficient (Wildman–Crippen LogP) is 1.43. The molecule has 4 amide bonds. The Kier molecular flexibility index (Phi) is 14.1. The van der Waals surface area contributed by atoms with Crippen LogP contribution in [-0.4, -0.2) is 75.4 Å². The second kappa shape index (κ2) is 18.5. The number of hydrogen-bond acceptors (Lipinski definition) is 8. The van der Waals surface area contributed by atoms with Gasteiger partial charge in [0.1, 0.15) is 24.2 Å². The molecule has 4 rings (SSSR count). The van der Waals surface area contributed by atoms with Crippen molar-refractivity contribution in [1.29, 1.82) is 0 Å². The van der Waals surface area contributed by atoms with Crippen molar-refractivity contribution in [3.8, 4) is 0 Å². The number of nitrogens with one attached hydrogen (secondary N) is 5. The molecule has 2 fully saturated rings. The van der Waals surface area contributed by atoms with Crippen LogP contribution in [0, 0.1) is 17.8 Å². The van der Waals surface area contributed by atoms with Crippen LogP contribution >= 0.6 is 0 Å². The van der Waals surface area contributed by atoms with Crippen LogP contribution in [0.2, 0.25) is 0 Å². The van der Waals surface area contributed by atoms with Gasteiger partial charge in [-0.05, 0) is 81.7 Å². The van der Waals surface area contributed by atoms with E-state index in [1.807, 2.05) is 0 Å². The summed E-state index contributed by atoms with van der Waals surface area (Å²) in [4.78, 5) is 73.2. The first-order chi connectivity index (χ1) is 23.6. The third-order valence-corrected chi connectivity index (χ3v) is 9.92. The van der Waals surface area contributed by atoms with E-state index in [4.69, 9.17) is 11.5 Å². The Labute approximate surface area is 287 Å². The van der Waals surface area contributed by atoms with Gasteiger partial charge in [0.2, 0.25) is 23.6 Å². The number of aliphatic carboxylic acids is 1. The molecule has 14 heteroatoms. The Morgan fingerprint density at radius 3 is 2.24 bits per heavy atom. The summed E-state index contributed by atoms with van der Waals surface area (Å²) in [7, 11) is 0. The van der Waals surface area contributed by atoms with Gasteiger partial charge < -0.3 is 42.8 Å². The molecule has 14 nitrogen and oxygen atoms in total. The monoisotopic (exact) mass is 680 g/mol. The highest BCUT2D eigenvalue weighted by molar-refractivity contribution is 5.95. The number of benzene rings is 1. The second-order valence-corrected chi connectivity index (χ2v) is 13.5. The van der Waals surface area contributed by atoms with Gasteiger partial charge in [-0.3, -0.25) is 19.2 Å². The van der Waals surface area contributed by atoms with Gasteiger partial charge in [0.05, 0.1) is 12.4 Å². The number of aromatic amines is 1. The molecule has 1 aromatic heterocycles. The highest BCUT2D eigenvalue weighted by Crippen LogP contribution is 2.47. The van der Waals surface area contributed by atoms with Crippen molar-refractivity contribution in [2.75, 3.05) is 6.54 Å². The maximum absolute atomic E-state index is 13.9. The Bertz CT molecular complexity index is 1390. The number of H-pyrrole nitrogens is 1. The topological polar surface area (TPSA) is 234 Å². The molecule has 1 heterocycles. The van der Waals surface area contributed by atoms with Gasteiger partial charge in [-0.25, -0.2) is 9.78 Å². The Morgan fingerprint density at radius 2 is 1.57 bits per heavy atom. The number of aromatic nitrogens is 2. The van der Waals surface area contributed by atoms with E-state index < -0.39 is 59.8 Å². The van der Waals surface area contributed by atoms with Crippen LogP contribution in [0.15, 0.2) is 42.9 Å². The number of rotatable bonds is 18. The van der Waals surface area contributed by atoms with Gasteiger partial charge in [-0.2, -0.15) is 0 Å². The summed E-state index contributed by atoms with van der Waals surface area (Å²) in [5.41, 5.74) is 12.5. The molecular weight excluding hydrogens is 628 g/mol. The second-order valence-electron chi connectivity index (χ2n) is 13.5. The molecular formula is C35H52N8O6. The van der Waals surface area contributed by atoms with Crippen LogP contribution in [-0.2, 0) is 30.4 Å². The molecule has 10 N–H and O–H groups in total. The third kappa shape index (κ3) is 10.8. The predicted molar refractivity (Wildman–Crippen MR) is 182 cm³/mol. The van der Waals surface area contributed by atoms with E-state index in [0.29, 0.717) is 48.9 Å². The van der Waals surface area contributed by atoms with Crippen LogP contribution in [0.4, 0.5) is 0 Å². The van der Waals surface area contributed by atoms with Crippen LogP contribution in [0.1, 0.15) is 88.4 Å². The number of nitrogens with two attached hydrogens (primary N) is 2. The van der Waals surface area contributed by atoms with E-state index in [1.54, 1.807) is 30.3 Å². The van der Waals surface area contributed by atoms with Gasteiger partial charge in [0, 0.05) is 18.3 Å². The Morgan fingerprint density at radius 1 is 0.878 bits per heavy atom. The van der Waals surface area contributed by atoms with Crippen LogP contribution in [0.5, 0.6) is 0 Å². The fraction of sp³-hybridized carbons (Fsp3) is 0.600. The van der Waals surface area contributed by atoms with E-state index >= 15 is 0 Å². The molecule has 2 saturated carbocycles. The summed E-state index contributed by atoms with van der Waals surface area (Å²) in [5, 5.41) is 21.0. The molecule has 0 saturated heterocycles. The number of nitrogens with zero attached hydrogens (tertiary/aromatic N) is 1. The molecule has 0 bridgehead atoms. The first-order valence-electron chi connectivity index (χ1n) is 17.5. The van der Waals surface area contributed by atoms with Gasteiger partial charge in [0.15, 0.2) is 0 Å². The molecule has 0 radical (unpaired) electrons. The number of fused-ring (bicyclic) bond motifs is 1. The van der Waals surface area contributed by atoms with Gasteiger partial charge in [-0.1, -0.05) is 49.6 Å². The molecule has 2 aliphatic carbocycles. The summed E-state index contributed by atoms with van der Waals surface area (Å²) in [6, 6.07) is 3.18. The average molecular weight is 681 g/mol. The highest BCUT2D eigenvalue weighted by atomic mass is 16.4. The fourth-order valence-electron chi connectivity index (χ4n) is 7.28. The van der Waals surface area contributed by atoms with Crippen molar-refractivity contribution in [3.63, 3.8) is 0 Å². The van der Waals surface area contributed by atoms with Crippen LogP contribution < -0.4 is 32.7 Å². The molecule has 8 unspecified atom stereocenters. The molecule has 8 atom stereocenters. The zero-order valence-electron chi connectivity index (χ0n) is 28.2. The van der Waals surface area contributed by atoms with Crippen molar-refractivity contribution in [2.45, 2.75) is 108 Å². The lowest BCUT2D eigenvalue weighted by molar-refractivity contribution is -0.143. The van der Waals surface area contributed by atoms with E-state index in [-0.39, 0.29) is 18.8 Å². The van der Waals surface area contributed by atoms with Crippen molar-refractivity contribution < 1.29 is 29.1 Å². The lowest BCUT2D eigenvalue weighted by Crippen LogP contribution is -2.57.